The smallest absolute Gasteiger partial charge is 0.340 e. The fourth-order valence-corrected chi connectivity index (χ4v) is 1.90. The average molecular weight is 266 g/mol. The van der Waals surface area contributed by atoms with Gasteiger partial charge in [-0.25, -0.2) is 4.79 Å². The first-order valence-corrected chi connectivity index (χ1v) is 5.87. The minimum Gasteiger partial charge on any atom is -0.424 e. The van der Waals surface area contributed by atoms with Crippen molar-refractivity contribution < 1.29 is 19.2 Å². The molecule has 7 nitrogen and oxygen atoms in total. The molecule has 2 N–H and O–H groups in total. The Morgan fingerprint density at radius 3 is 2.89 bits per heavy atom. The normalized spacial score (nSPS) is 18.3. The number of benzene rings is 1. The number of nitro groups is 1. The topological polar surface area (TPSA) is 105 Å². The highest BCUT2D eigenvalue weighted by atomic mass is 16.6. The molecule has 0 bridgehead atoms. The van der Waals surface area contributed by atoms with E-state index in [0.717, 1.165) is 12.5 Å². The molecule has 102 valence electrons. The van der Waals surface area contributed by atoms with Gasteiger partial charge in [0.05, 0.1) is 11.0 Å². The maximum atomic E-state index is 11.7. The Labute approximate surface area is 109 Å². The zero-order valence-electron chi connectivity index (χ0n) is 10.4. The zero-order valence-corrected chi connectivity index (χ0v) is 10.4. The van der Waals surface area contributed by atoms with Gasteiger partial charge in [0.1, 0.15) is 11.4 Å². The summed E-state index contributed by atoms with van der Waals surface area (Å²) in [6.45, 7) is 2.15. The quantitative estimate of drug-likeness (QED) is 0.293. The second-order valence-electron chi connectivity index (χ2n) is 4.35. The number of rotatable bonds is 3. The SMILES string of the molecule is Cc1cc(OC(=O)[C@@H]2CCCO2)cc([N+](=O)[O-])c1N. The molecular weight excluding hydrogens is 252 g/mol. The van der Waals surface area contributed by atoms with E-state index in [1.165, 1.54) is 6.07 Å². The Morgan fingerprint density at radius 1 is 1.58 bits per heavy atom. The summed E-state index contributed by atoms with van der Waals surface area (Å²) in [6, 6.07) is 2.64. The van der Waals surface area contributed by atoms with Crippen LogP contribution in [0.15, 0.2) is 12.1 Å². The van der Waals surface area contributed by atoms with Gasteiger partial charge in [0, 0.05) is 6.61 Å². The first kappa shape index (κ1) is 13.3. The van der Waals surface area contributed by atoms with Crippen molar-refractivity contribution >= 4 is 17.3 Å². The molecule has 1 aliphatic rings. The summed E-state index contributed by atoms with van der Waals surface area (Å²) in [4.78, 5) is 22.0. The van der Waals surface area contributed by atoms with Crippen LogP contribution in [0.3, 0.4) is 0 Å². The van der Waals surface area contributed by atoms with E-state index in [1.54, 1.807) is 6.92 Å². The molecule has 0 aliphatic carbocycles. The Kier molecular flexibility index (Phi) is 3.66. The van der Waals surface area contributed by atoms with Crippen LogP contribution in [0.25, 0.3) is 0 Å². The Hall–Kier alpha value is -2.15. The predicted molar refractivity (Wildman–Crippen MR) is 66.9 cm³/mol. The van der Waals surface area contributed by atoms with Gasteiger partial charge < -0.3 is 15.2 Å². The molecule has 0 amide bonds. The monoisotopic (exact) mass is 266 g/mol. The van der Waals surface area contributed by atoms with Crippen LogP contribution in [-0.2, 0) is 9.53 Å². The molecule has 0 radical (unpaired) electrons. The van der Waals surface area contributed by atoms with Crippen LogP contribution in [0.1, 0.15) is 18.4 Å². The number of nitro benzene ring substituents is 1. The molecule has 0 saturated carbocycles. The van der Waals surface area contributed by atoms with Gasteiger partial charge in [-0.05, 0) is 31.4 Å². The summed E-state index contributed by atoms with van der Waals surface area (Å²) >= 11 is 0. The largest absolute Gasteiger partial charge is 0.424 e. The minimum atomic E-state index is -0.605. The lowest BCUT2D eigenvalue weighted by atomic mass is 10.1. The van der Waals surface area contributed by atoms with Crippen molar-refractivity contribution in [2.24, 2.45) is 0 Å². The zero-order chi connectivity index (χ0) is 14.0. The first-order valence-electron chi connectivity index (χ1n) is 5.87. The van der Waals surface area contributed by atoms with Crippen molar-refractivity contribution in [1.82, 2.24) is 0 Å². The number of hydrogen-bond acceptors (Lipinski definition) is 6. The summed E-state index contributed by atoms with van der Waals surface area (Å²) in [5, 5.41) is 10.8. The predicted octanol–water partition coefficient (Wildman–Crippen LogP) is 1.57. The van der Waals surface area contributed by atoms with E-state index in [4.69, 9.17) is 15.2 Å². The molecule has 7 heteroatoms. The lowest BCUT2D eigenvalue weighted by Crippen LogP contribution is -2.24. The fourth-order valence-electron chi connectivity index (χ4n) is 1.90. The van der Waals surface area contributed by atoms with Crippen LogP contribution in [-0.4, -0.2) is 23.6 Å². The molecule has 1 atom stereocenters. The molecule has 2 rings (SSSR count). The number of aryl methyl sites for hydroxylation is 1. The number of hydrogen-bond donors (Lipinski definition) is 1. The number of carbonyl (C=O) groups is 1. The molecule has 1 fully saturated rings. The van der Waals surface area contributed by atoms with E-state index in [2.05, 4.69) is 0 Å². The number of nitrogens with zero attached hydrogens (tertiary/aromatic N) is 1. The van der Waals surface area contributed by atoms with E-state index < -0.39 is 17.0 Å². The molecule has 1 aromatic rings. The molecule has 0 aromatic heterocycles. The molecule has 0 spiro atoms. The molecule has 0 unspecified atom stereocenters. The fraction of sp³-hybridized carbons (Fsp3) is 0.417. The summed E-state index contributed by atoms with van der Waals surface area (Å²) in [7, 11) is 0. The maximum Gasteiger partial charge on any atom is 0.340 e. The summed E-state index contributed by atoms with van der Waals surface area (Å²) in [5.74, 6) is -0.421. The minimum absolute atomic E-state index is 0.0712. The van der Waals surface area contributed by atoms with E-state index in [1.807, 2.05) is 0 Å². The second-order valence-corrected chi connectivity index (χ2v) is 4.35. The number of ether oxygens (including phenoxy) is 2. The van der Waals surface area contributed by atoms with Crippen LogP contribution in [0, 0.1) is 17.0 Å². The van der Waals surface area contributed by atoms with Crippen LogP contribution in [0.5, 0.6) is 5.75 Å². The van der Waals surface area contributed by atoms with Crippen LogP contribution >= 0.6 is 0 Å². The molecule has 1 aliphatic heterocycles. The van der Waals surface area contributed by atoms with Crippen LogP contribution in [0.2, 0.25) is 0 Å². The molecular formula is C12H14N2O5. The van der Waals surface area contributed by atoms with E-state index in [0.29, 0.717) is 18.6 Å². The molecule has 1 aromatic carbocycles. The first-order chi connectivity index (χ1) is 8.99. The standard InChI is InChI=1S/C12H14N2O5/c1-7-5-8(6-9(11(7)13)14(16)17)19-12(15)10-3-2-4-18-10/h5-6,10H,2-4,13H2,1H3/t10-/m0/s1. The lowest BCUT2D eigenvalue weighted by Gasteiger charge is -2.10. The van der Waals surface area contributed by atoms with E-state index in [9.17, 15) is 14.9 Å². The van der Waals surface area contributed by atoms with Gasteiger partial charge in [0.2, 0.25) is 0 Å². The Bertz CT molecular complexity index is 523. The van der Waals surface area contributed by atoms with Gasteiger partial charge in [-0.3, -0.25) is 10.1 Å². The van der Waals surface area contributed by atoms with Gasteiger partial charge in [-0.1, -0.05) is 0 Å². The van der Waals surface area contributed by atoms with Gasteiger partial charge in [-0.2, -0.15) is 0 Å². The molecule has 1 saturated heterocycles. The van der Waals surface area contributed by atoms with E-state index in [-0.39, 0.29) is 17.1 Å². The lowest BCUT2D eigenvalue weighted by molar-refractivity contribution is -0.384. The third-order valence-electron chi connectivity index (χ3n) is 2.95. The van der Waals surface area contributed by atoms with Gasteiger partial charge >= 0.3 is 5.97 Å². The van der Waals surface area contributed by atoms with Gasteiger partial charge in [0.15, 0.2) is 6.10 Å². The molecule has 19 heavy (non-hydrogen) atoms. The summed E-state index contributed by atoms with van der Waals surface area (Å²) in [6.07, 6.45) is 0.826. The Morgan fingerprint density at radius 2 is 2.32 bits per heavy atom. The number of anilines is 1. The number of nitrogen functional groups attached to an aromatic ring is 1. The van der Waals surface area contributed by atoms with Crippen molar-refractivity contribution in [2.45, 2.75) is 25.9 Å². The third kappa shape index (κ3) is 2.82. The molecule has 1 heterocycles. The summed E-state index contributed by atoms with van der Waals surface area (Å²) < 4.78 is 10.3. The van der Waals surface area contributed by atoms with Crippen molar-refractivity contribution in [3.63, 3.8) is 0 Å². The highest BCUT2D eigenvalue weighted by molar-refractivity contribution is 5.78. The highest BCUT2D eigenvalue weighted by Crippen LogP contribution is 2.30. The van der Waals surface area contributed by atoms with E-state index >= 15 is 0 Å². The van der Waals surface area contributed by atoms with Crippen molar-refractivity contribution in [2.75, 3.05) is 12.3 Å². The second kappa shape index (κ2) is 5.23. The number of carbonyl (C=O) groups excluding carboxylic acids is 1. The highest BCUT2D eigenvalue weighted by Gasteiger charge is 2.26. The van der Waals surface area contributed by atoms with Crippen molar-refractivity contribution in [3.05, 3.63) is 27.8 Å². The van der Waals surface area contributed by atoms with Crippen molar-refractivity contribution in [1.29, 1.82) is 0 Å². The van der Waals surface area contributed by atoms with Crippen LogP contribution in [0.4, 0.5) is 11.4 Å². The van der Waals surface area contributed by atoms with Gasteiger partial charge in [-0.15, -0.1) is 0 Å². The average Bonchev–Trinajstić information content (AvgIpc) is 2.86. The summed E-state index contributed by atoms with van der Waals surface area (Å²) in [5.41, 5.74) is 5.89. The third-order valence-corrected chi connectivity index (χ3v) is 2.95. The number of esters is 1. The maximum absolute atomic E-state index is 11.7. The number of nitrogens with two attached hydrogens (primary N) is 1. The van der Waals surface area contributed by atoms with Crippen LogP contribution < -0.4 is 10.5 Å². The Balaban J connectivity index is 2.20. The van der Waals surface area contributed by atoms with Crippen molar-refractivity contribution in [3.8, 4) is 5.75 Å². The van der Waals surface area contributed by atoms with Gasteiger partial charge in [0.25, 0.3) is 5.69 Å².